The van der Waals surface area contributed by atoms with Crippen LogP contribution in [0, 0.1) is 0 Å². The molecule has 0 aliphatic rings. The highest BCUT2D eigenvalue weighted by molar-refractivity contribution is 5.74. The monoisotopic (exact) mass is 180 g/mol. The third-order valence-electron chi connectivity index (χ3n) is 0.936. The highest BCUT2D eigenvalue weighted by atomic mass is 16.1. The third-order valence-corrected chi connectivity index (χ3v) is 0.936. The molecule has 0 aliphatic heterocycles. The molecule has 0 amide bonds. The Bertz CT molecular complexity index is 219. The zero-order valence-corrected chi connectivity index (χ0v) is 7.47. The molecule has 0 spiro atoms. The summed E-state index contributed by atoms with van der Waals surface area (Å²) < 4.78 is 0. The van der Waals surface area contributed by atoms with E-state index in [1.165, 1.54) is 6.92 Å². The molecule has 0 saturated carbocycles. The maximum Gasteiger partial charge on any atom is 0.150 e. The van der Waals surface area contributed by atoms with Crippen molar-refractivity contribution in [1.29, 1.82) is 0 Å². The molecule has 1 rings (SSSR count). The van der Waals surface area contributed by atoms with Gasteiger partial charge >= 0.3 is 0 Å². The summed E-state index contributed by atoms with van der Waals surface area (Å²) in [6, 6.07) is 9.10. The van der Waals surface area contributed by atoms with Crippen molar-refractivity contribution >= 4 is 19.4 Å². The summed E-state index contributed by atoms with van der Waals surface area (Å²) >= 11 is 0. The average molecular weight is 180 g/mol. The molecule has 0 N–H and O–H groups in total. The summed E-state index contributed by atoms with van der Waals surface area (Å²) in [6.45, 7) is 3.44. The van der Waals surface area contributed by atoms with Crippen LogP contribution in [0.25, 0.3) is 0 Å². The Kier molecular flexibility index (Phi) is 13.7. The summed E-state index contributed by atoms with van der Waals surface area (Å²) in [7, 11) is 0. The lowest BCUT2D eigenvalue weighted by Crippen LogP contribution is -1.73. The lowest BCUT2D eigenvalue weighted by molar-refractivity contribution is -0.106. The van der Waals surface area contributed by atoms with E-state index in [1.807, 2.05) is 25.0 Å². The molecular formula is C10H12O3. The van der Waals surface area contributed by atoms with E-state index >= 15 is 0 Å². The minimum Gasteiger partial charge on any atom is -0.307 e. The second-order valence-electron chi connectivity index (χ2n) is 1.76. The molecule has 0 aliphatic carbocycles. The van der Waals surface area contributed by atoms with Crippen LogP contribution in [-0.2, 0) is 9.59 Å². The smallest absolute Gasteiger partial charge is 0.150 e. The van der Waals surface area contributed by atoms with Crippen LogP contribution in [0.5, 0.6) is 0 Å². The first-order chi connectivity index (χ1) is 6.35. The molecule has 3 nitrogen and oxygen atoms in total. The van der Waals surface area contributed by atoms with Crippen molar-refractivity contribution in [2.75, 3.05) is 0 Å². The minimum atomic E-state index is 0.729. The second kappa shape index (κ2) is 12.9. The summed E-state index contributed by atoms with van der Waals surface area (Å²) in [5.41, 5.74) is 0.729. The second-order valence-corrected chi connectivity index (χ2v) is 1.76. The Labute approximate surface area is 77.4 Å². The molecule has 0 aromatic heterocycles. The first kappa shape index (κ1) is 13.8. The van der Waals surface area contributed by atoms with Crippen LogP contribution in [0.3, 0.4) is 0 Å². The van der Waals surface area contributed by atoms with Gasteiger partial charge in [0.1, 0.15) is 19.4 Å². The fourth-order valence-electron chi connectivity index (χ4n) is 0.532. The van der Waals surface area contributed by atoms with Gasteiger partial charge in [0.2, 0.25) is 0 Å². The van der Waals surface area contributed by atoms with Crippen LogP contribution >= 0.6 is 0 Å². The van der Waals surface area contributed by atoms with Crippen molar-refractivity contribution in [3.63, 3.8) is 0 Å². The van der Waals surface area contributed by atoms with Gasteiger partial charge in [-0.25, -0.2) is 0 Å². The number of aldehydes is 2. The van der Waals surface area contributed by atoms with E-state index in [2.05, 4.69) is 0 Å². The molecule has 1 aromatic rings. The standard InChI is InChI=1S/C7H6O.C2H4O.CH2O/c8-6-7-4-2-1-3-5-7;1-2-3;1-2/h1-6H;2H,1H3;1H2. The molecular weight excluding hydrogens is 168 g/mol. The molecule has 0 fully saturated rings. The molecule has 0 radical (unpaired) electrons. The number of benzene rings is 1. The van der Waals surface area contributed by atoms with E-state index in [4.69, 9.17) is 9.59 Å². The Hall–Kier alpha value is -1.77. The molecule has 1 aromatic carbocycles. The fourth-order valence-corrected chi connectivity index (χ4v) is 0.532. The molecule has 0 bridgehead atoms. The van der Waals surface area contributed by atoms with Crippen LogP contribution < -0.4 is 0 Å². The van der Waals surface area contributed by atoms with E-state index < -0.39 is 0 Å². The third kappa shape index (κ3) is 10.2. The van der Waals surface area contributed by atoms with E-state index in [0.29, 0.717) is 0 Å². The lowest BCUT2D eigenvalue weighted by Gasteiger charge is -1.81. The normalized spacial score (nSPS) is 6.54. The molecule has 70 valence electrons. The molecule has 0 heterocycles. The lowest BCUT2D eigenvalue weighted by atomic mass is 10.2. The van der Waals surface area contributed by atoms with E-state index in [0.717, 1.165) is 18.1 Å². The average Bonchev–Trinajstić information content (AvgIpc) is 2.23. The van der Waals surface area contributed by atoms with Gasteiger partial charge in [-0.1, -0.05) is 30.3 Å². The van der Waals surface area contributed by atoms with Gasteiger partial charge < -0.3 is 9.59 Å². The largest absolute Gasteiger partial charge is 0.307 e. The molecule has 0 saturated heterocycles. The zero-order valence-electron chi connectivity index (χ0n) is 7.47. The number of carbonyl (C=O) groups excluding carboxylic acids is 3. The SMILES string of the molecule is C=O.CC=O.O=Cc1ccccc1. The van der Waals surface area contributed by atoms with Crippen molar-refractivity contribution in [3.05, 3.63) is 35.9 Å². The predicted molar refractivity (Wildman–Crippen MR) is 50.7 cm³/mol. The Morgan fingerprint density at radius 2 is 1.46 bits per heavy atom. The first-order valence-corrected chi connectivity index (χ1v) is 3.54. The topological polar surface area (TPSA) is 51.2 Å². The highest BCUT2D eigenvalue weighted by Gasteiger charge is 1.79. The van der Waals surface area contributed by atoms with Crippen molar-refractivity contribution in [3.8, 4) is 0 Å². The Morgan fingerprint density at radius 1 is 1.08 bits per heavy atom. The fraction of sp³-hybridized carbons (Fsp3) is 0.100. The predicted octanol–water partition coefficient (Wildman–Crippen LogP) is 1.52. The van der Waals surface area contributed by atoms with Gasteiger partial charge in [0, 0.05) is 5.56 Å². The van der Waals surface area contributed by atoms with Gasteiger partial charge in [-0.2, -0.15) is 0 Å². The van der Waals surface area contributed by atoms with Crippen LogP contribution in [0.15, 0.2) is 30.3 Å². The molecule has 13 heavy (non-hydrogen) atoms. The van der Waals surface area contributed by atoms with Gasteiger partial charge in [0.05, 0.1) is 0 Å². The first-order valence-electron chi connectivity index (χ1n) is 3.54. The summed E-state index contributed by atoms with van der Waals surface area (Å²) in [6.07, 6.45) is 1.58. The van der Waals surface area contributed by atoms with Gasteiger partial charge in [0.25, 0.3) is 0 Å². The number of hydrogen-bond acceptors (Lipinski definition) is 3. The Morgan fingerprint density at radius 3 is 1.69 bits per heavy atom. The number of rotatable bonds is 1. The van der Waals surface area contributed by atoms with Crippen LogP contribution in [0.2, 0.25) is 0 Å². The van der Waals surface area contributed by atoms with Crippen molar-refractivity contribution in [2.45, 2.75) is 6.92 Å². The van der Waals surface area contributed by atoms with E-state index in [-0.39, 0.29) is 0 Å². The minimum absolute atomic E-state index is 0.729. The summed E-state index contributed by atoms with van der Waals surface area (Å²) in [4.78, 5) is 26.8. The van der Waals surface area contributed by atoms with Crippen molar-refractivity contribution < 1.29 is 14.4 Å². The van der Waals surface area contributed by atoms with Gasteiger partial charge in [-0.15, -0.1) is 0 Å². The van der Waals surface area contributed by atoms with Crippen LogP contribution in [0.4, 0.5) is 0 Å². The highest BCUT2D eigenvalue weighted by Crippen LogP contribution is 1.91. The quantitative estimate of drug-likeness (QED) is 0.615. The maximum absolute atomic E-state index is 10.0. The van der Waals surface area contributed by atoms with Crippen LogP contribution in [0.1, 0.15) is 17.3 Å². The van der Waals surface area contributed by atoms with Gasteiger partial charge in [-0.3, -0.25) is 4.79 Å². The summed E-state index contributed by atoms with van der Waals surface area (Å²) in [5, 5.41) is 0. The summed E-state index contributed by atoms with van der Waals surface area (Å²) in [5.74, 6) is 0. The van der Waals surface area contributed by atoms with Crippen molar-refractivity contribution in [1.82, 2.24) is 0 Å². The van der Waals surface area contributed by atoms with Gasteiger partial charge in [-0.05, 0) is 6.92 Å². The molecule has 0 unspecified atom stereocenters. The van der Waals surface area contributed by atoms with E-state index in [1.54, 1.807) is 12.1 Å². The number of carbonyl (C=O) groups is 3. The molecule has 3 heteroatoms. The maximum atomic E-state index is 10.0. The van der Waals surface area contributed by atoms with Crippen molar-refractivity contribution in [2.24, 2.45) is 0 Å². The Balaban J connectivity index is 0. The number of hydrogen-bond donors (Lipinski definition) is 0. The zero-order chi connectivity index (χ0) is 10.5. The van der Waals surface area contributed by atoms with Gasteiger partial charge in [0.15, 0.2) is 0 Å². The molecule has 0 atom stereocenters. The van der Waals surface area contributed by atoms with Crippen LogP contribution in [-0.4, -0.2) is 19.4 Å². The van der Waals surface area contributed by atoms with E-state index in [9.17, 15) is 4.79 Å².